The Bertz CT molecular complexity index is 61.4. The van der Waals surface area contributed by atoms with Crippen LogP contribution in [0.15, 0.2) is 0 Å². The maximum absolute atomic E-state index is 5.33. The molecule has 0 saturated carbocycles. The fourth-order valence-corrected chi connectivity index (χ4v) is 1.05. The van der Waals surface area contributed by atoms with Gasteiger partial charge in [-0.2, -0.15) is 0 Å². The average molecular weight is 171 g/mol. The van der Waals surface area contributed by atoms with E-state index in [2.05, 4.69) is 13.8 Å². The van der Waals surface area contributed by atoms with E-state index in [4.69, 9.17) is 4.74 Å². The zero-order valence-corrected chi connectivity index (χ0v) is 8.64. The topological polar surface area (TPSA) is 9.23 Å². The Balaban J connectivity index is 2.73. The largest absolute Gasteiger partial charge is 0.376 e. The van der Waals surface area contributed by atoms with E-state index in [9.17, 15) is 0 Å². The molecule has 0 aliphatic rings. The van der Waals surface area contributed by atoms with E-state index >= 15 is 0 Å². The minimum atomic E-state index is 0.907. The minimum Gasteiger partial charge on any atom is -0.376 e. The summed E-state index contributed by atoms with van der Waals surface area (Å²) in [4.78, 5) is 0. The van der Waals surface area contributed by atoms with Crippen molar-refractivity contribution in [1.29, 1.82) is 0 Å². The molecule has 73 valence electrons. The molecule has 1 heteroatoms. The van der Waals surface area contributed by atoms with E-state index < -0.39 is 0 Å². The molecule has 0 bridgehead atoms. The van der Waals surface area contributed by atoms with Crippen molar-refractivity contribution in [2.24, 2.45) is 0 Å². The average Bonchev–Trinajstić information content (AvgIpc) is 2.10. The summed E-state index contributed by atoms with van der Waals surface area (Å²) in [6.45, 7) is 7.31. The third-order valence-corrected chi connectivity index (χ3v) is 1.91. The van der Waals surface area contributed by atoms with Crippen molar-refractivity contribution in [2.75, 3.05) is 6.61 Å². The summed E-state index contributed by atoms with van der Waals surface area (Å²) < 4.78 is 5.33. The van der Waals surface area contributed by atoms with Crippen molar-refractivity contribution >= 4 is 0 Å². The first kappa shape index (κ1) is 12.0. The molecule has 0 aliphatic carbocycles. The molecular weight excluding hydrogens is 148 g/mol. The highest BCUT2D eigenvalue weighted by Crippen LogP contribution is 2.04. The Hall–Kier alpha value is -0.0400. The van der Waals surface area contributed by atoms with E-state index in [0.717, 1.165) is 13.0 Å². The van der Waals surface area contributed by atoms with Gasteiger partial charge in [0, 0.05) is 6.61 Å². The Morgan fingerprint density at radius 2 is 1.67 bits per heavy atom. The standard InChI is InChI=1S/C11H23O/c1-3-5-7-8-9-11-12-10-6-4-2/h11H,3-10H2,1-2H3. The van der Waals surface area contributed by atoms with Crippen LogP contribution >= 0.6 is 0 Å². The molecule has 0 amide bonds. The van der Waals surface area contributed by atoms with E-state index in [1.54, 1.807) is 0 Å². The van der Waals surface area contributed by atoms with Crippen LogP contribution in [0.3, 0.4) is 0 Å². The van der Waals surface area contributed by atoms with Crippen LogP contribution in [0.5, 0.6) is 0 Å². The van der Waals surface area contributed by atoms with Crippen LogP contribution in [0, 0.1) is 6.61 Å². The van der Waals surface area contributed by atoms with E-state index in [1.807, 2.05) is 6.61 Å². The number of ether oxygens (including phenoxy) is 1. The van der Waals surface area contributed by atoms with Gasteiger partial charge in [0.15, 0.2) is 0 Å². The second kappa shape index (κ2) is 11.0. The van der Waals surface area contributed by atoms with Gasteiger partial charge < -0.3 is 4.74 Å². The maximum Gasteiger partial charge on any atom is 0.0836 e. The van der Waals surface area contributed by atoms with Crippen LogP contribution in [0.1, 0.15) is 58.8 Å². The summed E-state index contributed by atoms with van der Waals surface area (Å²) in [5, 5.41) is 0. The number of hydrogen-bond donors (Lipinski definition) is 0. The van der Waals surface area contributed by atoms with Crippen molar-refractivity contribution in [3.63, 3.8) is 0 Å². The molecule has 1 nitrogen and oxygen atoms in total. The van der Waals surface area contributed by atoms with Gasteiger partial charge in [-0.1, -0.05) is 46.0 Å². The third kappa shape index (κ3) is 9.96. The summed E-state index contributed by atoms with van der Waals surface area (Å²) in [5.74, 6) is 0. The summed E-state index contributed by atoms with van der Waals surface area (Å²) in [6, 6.07) is 0. The Labute approximate surface area is 77.5 Å². The summed E-state index contributed by atoms with van der Waals surface area (Å²) in [6.07, 6.45) is 8.86. The molecule has 1 radical (unpaired) electrons. The number of unbranched alkanes of at least 4 members (excludes halogenated alkanes) is 5. The SMILES string of the molecule is CCCCCC[CH]OCCCC. The summed E-state index contributed by atoms with van der Waals surface area (Å²) in [5.41, 5.74) is 0. The lowest BCUT2D eigenvalue weighted by atomic mass is 10.2. The first-order chi connectivity index (χ1) is 5.91. The fraction of sp³-hybridized carbons (Fsp3) is 0.909. The minimum absolute atomic E-state index is 0.907. The molecule has 0 saturated heterocycles. The quantitative estimate of drug-likeness (QED) is 0.477. The van der Waals surface area contributed by atoms with E-state index in [0.29, 0.717) is 0 Å². The van der Waals surface area contributed by atoms with Crippen LogP contribution in [0.4, 0.5) is 0 Å². The highest BCUT2D eigenvalue weighted by atomic mass is 16.5. The summed E-state index contributed by atoms with van der Waals surface area (Å²) in [7, 11) is 0. The molecule has 0 aromatic carbocycles. The molecule has 0 rings (SSSR count). The Kier molecular flexibility index (Phi) is 10.9. The smallest absolute Gasteiger partial charge is 0.0836 e. The van der Waals surface area contributed by atoms with Crippen LogP contribution in [-0.4, -0.2) is 6.61 Å². The molecule has 0 spiro atoms. The zero-order valence-electron chi connectivity index (χ0n) is 8.64. The van der Waals surface area contributed by atoms with E-state index in [1.165, 1.54) is 38.5 Å². The van der Waals surface area contributed by atoms with Crippen LogP contribution in [0.2, 0.25) is 0 Å². The van der Waals surface area contributed by atoms with E-state index in [-0.39, 0.29) is 0 Å². The first-order valence-electron chi connectivity index (χ1n) is 5.35. The fourth-order valence-electron chi connectivity index (χ4n) is 1.05. The van der Waals surface area contributed by atoms with Gasteiger partial charge in [0.1, 0.15) is 0 Å². The van der Waals surface area contributed by atoms with Crippen molar-refractivity contribution in [3.05, 3.63) is 6.61 Å². The molecule has 0 heterocycles. The molecule has 0 aromatic rings. The van der Waals surface area contributed by atoms with Gasteiger partial charge in [-0.3, -0.25) is 0 Å². The van der Waals surface area contributed by atoms with Gasteiger partial charge in [0.25, 0.3) is 0 Å². The molecule has 12 heavy (non-hydrogen) atoms. The van der Waals surface area contributed by atoms with Gasteiger partial charge in [-0.05, 0) is 12.8 Å². The van der Waals surface area contributed by atoms with Crippen LogP contribution < -0.4 is 0 Å². The van der Waals surface area contributed by atoms with Gasteiger partial charge >= 0.3 is 0 Å². The lowest BCUT2D eigenvalue weighted by Crippen LogP contribution is -1.90. The second-order valence-electron chi connectivity index (χ2n) is 3.24. The predicted octanol–water partition coefficient (Wildman–Crippen LogP) is 3.94. The first-order valence-corrected chi connectivity index (χ1v) is 5.35. The van der Waals surface area contributed by atoms with Crippen LogP contribution in [0.25, 0.3) is 0 Å². The molecule has 0 unspecified atom stereocenters. The highest BCUT2D eigenvalue weighted by Gasteiger charge is 1.90. The molecule has 0 fully saturated rings. The van der Waals surface area contributed by atoms with Gasteiger partial charge in [-0.25, -0.2) is 0 Å². The lowest BCUT2D eigenvalue weighted by molar-refractivity contribution is 0.186. The third-order valence-electron chi connectivity index (χ3n) is 1.91. The summed E-state index contributed by atoms with van der Waals surface area (Å²) >= 11 is 0. The molecule has 0 aliphatic heterocycles. The monoisotopic (exact) mass is 171 g/mol. The highest BCUT2D eigenvalue weighted by molar-refractivity contribution is 4.51. The van der Waals surface area contributed by atoms with Crippen LogP contribution in [-0.2, 0) is 4.74 Å². The van der Waals surface area contributed by atoms with Gasteiger partial charge in [-0.15, -0.1) is 0 Å². The van der Waals surface area contributed by atoms with Gasteiger partial charge in [0.05, 0.1) is 6.61 Å². The normalized spacial score (nSPS) is 10.5. The zero-order chi connectivity index (χ0) is 9.07. The van der Waals surface area contributed by atoms with Crippen molar-refractivity contribution in [3.8, 4) is 0 Å². The Morgan fingerprint density at radius 3 is 2.33 bits per heavy atom. The van der Waals surface area contributed by atoms with Crippen molar-refractivity contribution in [1.82, 2.24) is 0 Å². The molecule has 0 atom stereocenters. The second-order valence-corrected chi connectivity index (χ2v) is 3.24. The molecule has 0 N–H and O–H groups in total. The van der Waals surface area contributed by atoms with Crippen molar-refractivity contribution in [2.45, 2.75) is 58.8 Å². The lowest BCUT2D eigenvalue weighted by Gasteiger charge is -2.01. The van der Waals surface area contributed by atoms with Gasteiger partial charge in [0.2, 0.25) is 0 Å². The predicted molar refractivity (Wildman–Crippen MR) is 53.9 cm³/mol. The molecule has 0 aromatic heterocycles. The number of hydrogen-bond acceptors (Lipinski definition) is 1. The Morgan fingerprint density at radius 1 is 0.917 bits per heavy atom. The maximum atomic E-state index is 5.33. The molecular formula is C11H23O. The number of rotatable bonds is 9. The van der Waals surface area contributed by atoms with Crippen molar-refractivity contribution < 1.29 is 4.74 Å².